The topological polar surface area (TPSA) is 73.4 Å². The van der Waals surface area contributed by atoms with Gasteiger partial charge in [0.25, 0.3) is 5.56 Å². The molecule has 1 aromatic carbocycles. The molecule has 27 heavy (non-hydrogen) atoms. The molecule has 2 aromatic rings. The lowest BCUT2D eigenvalue weighted by molar-refractivity contribution is -0.124. The van der Waals surface area contributed by atoms with E-state index in [0.29, 0.717) is 24.2 Å². The predicted octanol–water partition coefficient (Wildman–Crippen LogP) is 2.31. The van der Waals surface area contributed by atoms with Gasteiger partial charge in [0, 0.05) is 32.1 Å². The highest BCUT2D eigenvalue weighted by atomic mass is 16.2. The second-order valence-corrected chi connectivity index (χ2v) is 8.40. The first-order valence-electron chi connectivity index (χ1n) is 9.16. The van der Waals surface area contributed by atoms with Crippen molar-refractivity contribution in [1.29, 1.82) is 0 Å². The van der Waals surface area contributed by atoms with Gasteiger partial charge >= 0.3 is 5.69 Å². The standard InChI is InChI=1S/C21H23N3O3/c1-21(2)10-13-16(14(25)11-21)15(12-8-6-5-7-9-12)17-18(22-13)23(3)20(27)24(4)19(17)26/h5-9,15-16H,10-11H2,1-4H3/t15-,16-/m1/s1. The Morgan fingerprint density at radius 1 is 0.963 bits per heavy atom. The number of nitrogens with zero attached hydrogens (tertiary/aromatic N) is 3. The first-order chi connectivity index (χ1) is 12.7. The Hall–Kier alpha value is -2.76. The van der Waals surface area contributed by atoms with Crippen LogP contribution in [0.4, 0.5) is 5.82 Å². The van der Waals surface area contributed by atoms with Gasteiger partial charge in [0.1, 0.15) is 11.6 Å². The van der Waals surface area contributed by atoms with Crippen LogP contribution in [-0.2, 0) is 18.9 Å². The van der Waals surface area contributed by atoms with Gasteiger partial charge in [-0.3, -0.25) is 18.7 Å². The second kappa shape index (κ2) is 5.87. The Kier molecular flexibility index (Phi) is 3.84. The van der Waals surface area contributed by atoms with Gasteiger partial charge in [-0.15, -0.1) is 0 Å². The lowest BCUT2D eigenvalue weighted by Crippen LogP contribution is -2.47. The molecule has 0 radical (unpaired) electrons. The zero-order valence-electron chi connectivity index (χ0n) is 16.0. The number of aliphatic imine (C=N–C) groups is 1. The SMILES string of the molecule is Cn1c2c(c(=O)n(C)c1=O)[C@H](c1ccccc1)[C@H]1C(=O)CC(C)(C)CC1=N2. The van der Waals surface area contributed by atoms with Crippen molar-refractivity contribution in [1.82, 2.24) is 9.13 Å². The minimum absolute atomic E-state index is 0.111. The average Bonchev–Trinajstić information content (AvgIpc) is 2.62. The van der Waals surface area contributed by atoms with E-state index in [2.05, 4.69) is 13.8 Å². The van der Waals surface area contributed by atoms with Gasteiger partial charge in [0.05, 0.1) is 11.5 Å². The molecule has 1 saturated carbocycles. The molecule has 2 heterocycles. The van der Waals surface area contributed by atoms with Gasteiger partial charge in [0.2, 0.25) is 0 Å². The quantitative estimate of drug-likeness (QED) is 0.778. The van der Waals surface area contributed by atoms with Crippen molar-refractivity contribution in [3.63, 3.8) is 0 Å². The molecule has 0 bridgehead atoms. The number of hydrogen-bond donors (Lipinski definition) is 0. The summed E-state index contributed by atoms with van der Waals surface area (Å²) in [6.07, 6.45) is 1.14. The summed E-state index contributed by atoms with van der Waals surface area (Å²) in [7, 11) is 3.10. The van der Waals surface area contributed by atoms with Gasteiger partial charge in [-0.1, -0.05) is 44.2 Å². The summed E-state index contributed by atoms with van der Waals surface area (Å²) in [6.45, 7) is 4.11. The zero-order valence-corrected chi connectivity index (χ0v) is 16.0. The van der Waals surface area contributed by atoms with E-state index in [-0.39, 0.29) is 16.8 Å². The third kappa shape index (κ3) is 2.62. The highest BCUT2D eigenvalue weighted by Crippen LogP contribution is 2.47. The van der Waals surface area contributed by atoms with Crippen molar-refractivity contribution in [2.24, 2.45) is 30.4 Å². The lowest BCUT2D eigenvalue weighted by Gasteiger charge is -2.40. The monoisotopic (exact) mass is 365 g/mol. The molecule has 2 aliphatic rings. The molecule has 1 fully saturated rings. The van der Waals surface area contributed by atoms with Crippen LogP contribution in [0.25, 0.3) is 0 Å². The van der Waals surface area contributed by atoms with Gasteiger partial charge < -0.3 is 0 Å². The van der Waals surface area contributed by atoms with E-state index in [9.17, 15) is 14.4 Å². The largest absolute Gasteiger partial charge is 0.332 e. The molecule has 1 aliphatic carbocycles. The summed E-state index contributed by atoms with van der Waals surface area (Å²) < 4.78 is 2.52. The number of benzene rings is 1. The molecule has 6 nitrogen and oxygen atoms in total. The van der Waals surface area contributed by atoms with Crippen molar-refractivity contribution in [3.05, 3.63) is 62.3 Å². The fraction of sp³-hybridized carbons (Fsp3) is 0.429. The van der Waals surface area contributed by atoms with E-state index < -0.39 is 17.5 Å². The molecule has 0 spiro atoms. The van der Waals surface area contributed by atoms with Crippen LogP contribution in [0, 0.1) is 11.3 Å². The summed E-state index contributed by atoms with van der Waals surface area (Å²) in [5, 5.41) is 0. The van der Waals surface area contributed by atoms with Crippen molar-refractivity contribution in [2.45, 2.75) is 32.6 Å². The van der Waals surface area contributed by atoms with Gasteiger partial charge in [-0.25, -0.2) is 9.79 Å². The number of hydrogen-bond acceptors (Lipinski definition) is 4. The summed E-state index contributed by atoms with van der Waals surface area (Å²) in [6, 6.07) is 9.60. The fourth-order valence-electron chi connectivity index (χ4n) is 4.51. The Labute approximate surface area is 157 Å². The predicted molar refractivity (Wildman–Crippen MR) is 104 cm³/mol. The molecule has 140 valence electrons. The van der Waals surface area contributed by atoms with Gasteiger partial charge in [0.15, 0.2) is 0 Å². The Morgan fingerprint density at radius 2 is 1.63 bits per heavy atom. The van der Waals surface area contributed by atoms with E-state index in [0.717, 1.165) is 15.8 Å². The van der Waals surface area contributed by atoms with E-state index in [1.807, 2.05) is 30.3 Å². The number of fused-ring (bicyclic) bond motifs is 2. The molecule has 1 aliphatic heterocycles. The Balaban J connectivity index is 2.08. The van der Waals surface area contributed by atoms with Crippen molar-refractivity contribution >= 4 is 17.3 Å². The normalized spacial score (nSPS) is 23.4. The van der Waals surface area contributed by atoms with E-state index >= 15 is 0 Å². The molecule has 2 atom stereocenters. The van der Waals surface area contributed by atoms with E-state index in [1.54, 1.807) is 7.05 Å². The molecule has 1 aromatic heterocycles. The first-order valence-corrected chi connectivity index (χ1v) is 9.16. The van der Waals surface area contributed by atoms with Crippen LogP contribution in [0.3, 0.4) is 0 Å². The van der Waals surface area contributed by atoms with Gasteiger partial charge in [-0.05, 0) is 17.4 Å². The maximum atomic E-state index is 13.1. The van der Waals surface area contributed by atoms with E-state index in [1.165, 1.54) is 11.6 Å². The van der Waals surface area contributed by atoms with Crippen molar-refractivity contribution < 1.29 is 4.79 Å². The molecule has 4 rings (SSSR count). The summed E-state index contributed by atoms with van der Waals surface area (Å²) >= 11 is 0. The minimum Gasteiger partial charge on any atom is -0.299 e. The lowest BCUT2D eigenvalue weighted by atomic mass is 9.64. The Bertz CT molecular complexity index is 1090. The number of ketones is 1. The fourth-order valence-corrected chi connectivity index (χ4v) is 4.51. The molecule has 0 saturated heterocycles. The van der Waals surface area contributed by atoms with Crippen LogP contribution in [-0.4, -0.2) is 20.6 Å². The summed E-state index contributed by atoms with van der Waals surface area (Å²) in [5.41, 5.74) is 1.16. The molecule has 0 N–H and O–H groups in total. The number of carbonyl (C=O) groups excluding carboxylic acids is 1. The maximum Gasteiger partial charge on any atom is 0.332 e. The number of carbonyl (C=O) groups is 1. The smallest absolute Gasteiger partial charge is 0.299 e. The molecular formula is C21H23N3O3. The minimum atomic E-state index is -0.446. The average molecular weight is 365 g/mol. The highest BCUT2D eigenvalue weighted by molar-refractivity contribution is 6.11. The van der Waals surface area contributed by atoms with Crippen molar-refractivity contribution in [2.75, 3.05) is 0 Å². The highest BCUT2D eigenvalue weighted by Gasteiger charge is 2.47. The van der Waals surface area contributed by atoms with Crippen LogP contribution < -0.4 is 11.2 Å². The van der Waals surface area contributed by atoms with E-state index in [4.69, 9.17) is 4.99 Å². The third-order valence-electron chi connectivity index (χ3n) is 5.74. The van der Waals surface area contributed by atoms with Crippen LogP contribution in [0.5, 0.6) is 0 Å². The molecule has 0 amide bonds. The van der Waals surface area contributed by atoms with Crippen LogP contribution in [0.2, 0.25) is 0 Å². The van der Waals surface area contributed by atoms with Gasteiger partial charge in [-0.2, -0.15) is 0 Å². The Morgan fingerprint density at radius 3 is 2.30 bits per heavy atom. The zero-order chi connectivity index (χ0) is 19.5. The van der Waals surface area contributed by atoms with Crippen LogP contribution >= 0.6 is 0 Å². The maximum absolute atomic E-state index is 13.1. The van der Waals surface area contributed by atoms with Crippen LogP contribution in [0.1, 0.15) is 43.7 Å². The number of Topliss-reactive ketones (excluding diaryl/α,β-unsaturated/α-hetero) is 1. The number of aromatic nitrogens is 2. The molecule has 0 unspecified atom stereocenters. The second-order valence-electron chi connectivity index (χ2n) is 8.40. The van der Waals surface area contributed by atoms with Crippen molar-refractivity contribution in [3.8, 4) is 0 Å². The summed E-state index contributed by atoms with van der Waals surface area (Å²) in [5.74, 6) is -0.366. The first kappa shape index (κ1) is 17.6. The summed E-state index contributed by atoms with van der Waals surface area (Å²) in [4.78, 5) is 43.3. The molecular weight excluding hydrogens is 342 g/mol. The number of rotatable bonds is 1. The van der Waals surface area contributed by atoms with Crippen LogP contribution in [0.15, 0.2) is 44.9 Å². The third-order valence-corrected chi connectivity index (χ3v) is 5.74. The molecule has 6 heteroatoms.